The number of carbonyl (C=O) groups is 1. The van der Waals surface area contributed by atoms with E-state index in [9.17, 15) is 4.79 Å². The van der Waals surface area contributed by atoms with Gasteiger partial charge >= 0.3 is 5.97 Å². The predicted molar refractivity (Wildman–Crippen MR) is 70.1 cm³/mol. The first-order valence-electron chi connectivity index (χ1n) is 5.28. The van der Waals surface area contributed by atoms with E-state index in [1.54, 1.807) is 18.3 Å². The summed E-state index contributed by atoms with van der Waals surface area (Å²) in [6, 6.07) is 12.9. The van der Waals surface area contributed by atoms with E-state index in [-0.39, 0.29) is 6.61 Å². The van der Waals surface area contributed by atoms with Gasteiger partial charge in [0.1, 0.15) is 4.88 Å². The molecule has 0 aliphatic carbocycles. The fourth-order valence-corrected chi connectivity index (χ4v) is 2.06. The van der Waals surface area contributed by atoms with E-state index in [0.29, 0.717) is 4.88 Å². The van der Waals surface area contributed by atoms with Crippen molar-refractivity contribution in [2.75, 3.05) is 0 Å². The number of rotatable bonds is 5. The molecule has 0 aliphatic rings. The van der Waals surface area contributed by atoms with Crippen LogP contribution in [0.4, 0.5) is 0 Å². The van der Waals surface area contributed by atoms with E-state index in [1.807, 2.05) is 30.3 Å². The van der Waals surface area contributed by atoms with Gasteiger partial charge in [-0.1, -0.05) is 35.5 Å². The van der Waals surface area contributed by atoms with Crippen molar-refractivity contribution in [2.24, 2.45) is 5.16 Å². The van der Waals surface area contributed by atoms with Crippen molar-refractivity contribution in [3.05, 3.63) is 57.8 Å². The SMILES string of the molecule is O=C(O)c1ccc(CON=Cc2ccccc2)s1. The van der Waals surface area contributed by atoms with E-state index >= 15 is 0 Å². The summed E-state index contributed by atoms with van der Waals surface area (Å²) in [6.07, 6.45) is 1.62. The largest absolute Gasteiger partial charge is 0.477 e. The van der Waals surface area contributed by atoms with Crippen LogP contribution in [-0.2, 0) is 11.4 Å². The minimum Gasteiger partial charge on any atom is -0.477 e. The van der Waals surface area contributed by atoms with Crippen molar-refractivity contribution >= 4 is 23.5 Å². The number of thiophene rings is 1. The fraction of sp³-hybridized carbons (Fsp3) is 0.0769. The molecule has 1 N–H and O–H groups in total. The summed E-state index contributed by atoms with van der Waals surface area (Å²) in [5.74, 6) is -0.918. The lowest BCUT2D eigenvalue weighted by Gasteiger charge is -1.95. The van der Waals surface area contributed by atoms with E-state index in [2.05, 4.69) is 5.16 Å². The Balaban J connectivity index is 1.85. The van der Waals surface area contributed by atoms with Crippen LogP contribution in [0.5, 0.6) is 0 Å². The lowest BCUT2D eigenvalue weighted by Crippen LogP contribution is -1.89. The lowest BCUT2D eigenvalue weighted by molar-refractivity contribution is 0.0702. The van der Waals surface area contributed by atoms with Gasteiger partial charge in [-0.25, -0.2) is 4.79 Å². The van der Waals surface area contributed by atoms with Crippen LogP contribution in [0.1, 0.15) is 20.1 Å². The van der Waals surface area contributed by atoms with Crippen molar-refractivity contribution in [3.63, 3.8) is 0 Å². The molecule has 5 heteroatoms. The van der Waals surface area contributed by atoms with Gasteiger partial charge in [-0.3, -0.25) is 0 Å². The molecule has 0 unspecified atom stereocenters. The predicted octanol–water partition coefficient (Wildman–Crippen LogP) is 3.00. The molecule has 0 bridgehead atoms. The zero-order valence-electron chi connectivity index (χ0n) is 9.45. The molecule has 1 heterocycles. The Hall–Kier alpha value is -2.14. The van der Waals surface area contributed by atoms with Gasteiger partial charge in [-0.15, -0.1) is 11.3 Å². The number of carboxylic acids is 1. The molecule has 0 radical (unpaired) electrons. The Morgan fingerprint density at radius 3 is 2.72 bits per heavy atom. The van der Waals surface area contributed by atoms with Crippen LogP contribution in [0.15, 0.2) is 47.6 Å². The lowest BCUT2D eigenvalue weighted by atomic mass is 10.2. The van der Waals surface area contributed by atoms with Crippen LogP contribution < -0.4 is 0 Å². The number of oxime groups is 1. The first-order valence-corrected chi connectivity index (χ1v) is 6.10. The van der Waals surface area contributed by atoms with Crippen molar-refractivity contribution in [2.45, 2.75) is 6.61 Å². The zero-order valence-corrected chi connectivity index (χ0v) is 10.3. The average molecular weight is 261 g/mol. The van der Waals surface area contributed by atoms with E-state index in [4.69, 9.17) is 9.94 Å². The van der Waals surface area contributed by atoms with Crippen LogP contribution in [-0.4, -0.2) is 17.3 Å². The molecule has 4 nitrogen and oxygen atoms in total. The second-order valence-corrected chi connectivity index (χ2v) is 4.66. The van der Waals surface area contributed by atoms with Crippen LogP contribution in [0.3, 0.4) is 0 Å². The third-order valence-corrected chi connectivity index (χ3v) is 3.20. The highest BCUT2D eigenvalue weighted by molar-refractivity contribution is 7.13. The molecule has 18 heavy (non-hydrogen) atoms. The Morgan fingerprint density at radius 2 is 2.06 bits per heavy atom. The Labute approximate surface area is 108 Å². The second-order valence-electron chi connectivity index (χ2n) is 3.49. The Morgan fingerprint density at radius 1 is 1.28 bits per heavy atom. The van der Waals surface area contributed by atoms with Gasteiger partial charge in [0.15, 0.2) is 6.61 Å². The van der Waals surface area contributed by atoms with Gasteiger partial charge in [0.05, 0.1) is 6.21 Å². The Kier molecular flexibility index (Phi) is 4.09. The normalized spacial score (nSPS) is 10.7. The van der Waals surface area contributed by atoms with Crippen LogP contribution in [0.2, 0.25) is 0 Å². The monoisotopic (exact) mass is 261 g/mol. The molecule has 0 saturated heterocycles. The number of benzene rings is 1. The molecular weight excluding hydrogens is 250 g/mol. The fourth-order valence-electron chi connectivity index (χ4n) is 1.31. The van der Waals surface area contributed by atoms with Crippen molar-refractivity contribution in [1.82, 2.24) is 0 Å². The van der Waals surface area contributed by atoms with Crippen LogP contribution in [0.25, 0.3) is 0 Å². The summed E-state index contributed by atoms with van der Waals surface area (Å²) >= 11 is 1.19. The molecule has 2 aromatic rings. The standard InChI is InChI=1S/C13H11NO3S/c15-13(16)12-7-6-11(18-12)9-17-14-8-10-4-2-1-3-5-10/h1-8H,9H2,(H,15,16). The first kappa shape index (κ1) is 12.3. The molecule has 1 aromatic carbocycles. The maximum absolute atomic E-state index is 10.7. The summed E-state index contributed by atoms with van der Waals surface area (Å²) in [7, 11) is 0. The molecule has 0 aliphatic heterocycles. The van der Waals surface area contributed by atoms with E-state index in [0.717, 1.165) is 10.4 Å². The summed E-state index contributed by atoms with van der Waals surface area (Å²) < 4.78 is 0. The molecule has 1 aromatic heterocycles. The molecule has 0 amide bonds. The van der Waals surface area contributed by atoms with Crippen LogP contribution >= 0.6 is 11.3 Å². The third-order valence-electron chi connectivity index (χ3n) is 2.16. The third kappa shape index (κ3) is 3.43. The molecule has 0 spiro atoms. The molecule has 92 valence electrons. The number of hydrogen-bond acceptors (Lipinski definition) is 4. The molecule has 0 atom stereocenters. The van der Waals surface area contributed by atoms with Gasteiger partial charge in [-0.05, 0) is 17.7 Å². The maximum atomic E-state index is 10.7. The van der Waals surface area contributed by atoms with Gasteiger partial charge in [0.25, 0.3) is 0 Å². The minimum atomic E-state index is -0.918. The highest BCUT2D eigenvalue weighted by Gasteiger charge is 2.06. The highest BCUT2D eigenvalue weighted by atomic mass is 32.1. The topological polar surface area (TPSA) is 58.9 Å². The van der Waals surface area contributed by atoms with E-state index < -0.39 is 5.97 Å². The van der Waals surface area contributed by atoms with Crippen LogP contribution in [0, 0.1) is 0 Å². The summed E-state index contributed by atoms with van der Waals surface area (Å²) in [5.41, 5.74) is 0.954. The minimum absolute atomic E-state index is 0.279. The number of carboxylic acid groups (broad SMARTS) is 1. The number of nitrogens with zero attached hydrogens (tertiary/aromatic N) is 1. The van der Waals surface area contributed by atoms with Gasteiger partial charge in [0, 0.05) is 4.88 Å². The second kappa shape index (κ2) is 5.97. The quantitative estimate of drug-likeness (QED) is 0.665. The van der Waals surface area contributed by atoms with Crippen molar-refractivity contribution in [1.29, 1.82) is 0 Å². The average Bonchev–Trinajstić information content (AvgIpc) is 2.85. The smallest absolute Gasteiger partial charge is 0.345 e. The van der Waals surface area contributed by atoms with Crippen molar-refractivity contribution < 1.29 is 14.7 Å². The summed E-state index contributed by atoms with van der Waals surface area (Å²) in [4.78, 5) is 16.9. The summed E-state index contributed by atoms with van der Waals surface area (Å²) in [6.45, 7) is 0.279. The Bertz CT molecular complexity index is 548. The zero-order chi connectivity index (χ0) is 12.8. The molecule has 2 rings (SSSR count). The van der Waals surface area contributed by atoms with Gasteiger partial charge in [-0.2, -0.15) is 0 Å². The van der Waals surface area contributed by atoms with Crippen molar-refractivity contribution in [3.8, 4) is 0 Å². The van der Waals surface area contributed by atoms with E-state index in [1.165, 1.54) is 11.3 Å². The first-order chi connectivity index (χ1) is 8.75. The summed E-state index contributed by atoms with van der Waals surface area (Å²) in [5, 5.41) is 12.6. The highest BCUT2D eigenvalue weighted by Crippen LogP contribution is 2.17. The number of hydrogen-bond donors (Lipinski definition) is 1. The van der Waals surface area contributed by atoms with Gasteiger partial charge in [0.2, 0.25) is 0 Å². The molecule has 0 saturated carbocycles. The molecule has 0 fully saturated rings. The van der Waals surface area contributed by atoms with Gasteiger partial charge < -0.3 is 9.94 Å². The number of aromatic carboxylic acids is 1. The maximum Gasteiger partial charge on any atom is 0.345 e. The molecular formula is C13H11NO3S.